The highest BCUT2D eigenvalue weighted by Crippen LogP contribution is 2.36. The van der Waals surface area contributed by atoms with E-state index in [0.717, 1.165) is 101 Å². The van der Waals surface area contributed by atoms with Crippen molar-refractivity contribution in [1.82, 2.24) is 0 Å². The van der Waals surface area contributed by atoms with Crippen LogP contribution in [0.4, 0.5) is 0 Å². The Morgan fingerprint density at radius 2 is 1.30 bits per heavy atom. The smallest absolute Gasteiger partial charge is 0.309 e. The Labute approximate surface area is 442 Å². The molecule has 3 fully saturated rings. The number of hydrogen-bond acceptors (Lipinski definition) is 7. The van der Waals surface area contributed by atoms with Crippen LogP contribution >= 0.6 is 0 Å². The minimum Gasteiger partial charge on any atom is -0.469 e. The van der Waals surface area contributed by atoms with Crippen molar-refractivity contribution in [3.8, 4) is 0 Å². The molecule has 2 unspecified atom stereocenters. The Kier molecular flexibility index (Phi) is 23.5. The number of Topliss-reactive ketones (excluding diaryl/α,β-unsaturated/α-hetero) is 4. The summed E-state index contributed by atoms with van der Waals surface area (Å²) in [5.41, 5.74) is 9.48. The van der Waals surface area contributed by atoms with E-state index in [9.17, 15) is 24.0 Å². The SMILES string of the molecule is C=C1CCC[C@H]1C(=O)C(C)c1ccc(C/C=C(/Cc2ccc(CCC(=O)C3CCCCC3)cc2)c2ccccc2)cc1.CC(=O)[C@H](CC1CCOCC1)c1ccccc1.COC(=O)C(C)[C@H](C(C)=O)C(C)(C)C.[HH].[HH]. The van der Waals surface area contributed by atoms with Gasteiger partial charge in [-0.2, -0.15) is 0 Å². The standard InChI is InChI=1S/C40H46O2.C15H20O2.C11H20O3.2H2/c1-29-10-9-15-38(29)40(42)30(2)34-24-20-32(21-25-34)22-26-37(35-11-5-3-6-12-35)28-33-18-16-31(17-19-33)23-27-39(41)36-13-7-4-8-14-36;1-12(16)15(14-5-3-2-4-6-14)11-13-7-9-17-10-8-13;1-7(10(13)14-6)9(8(2)12)11(3,4)5;;/h3,5-6,11-12,16-21,24-26,30,36,38H,1,4,7-10,13-15,22-23,27-28H2,2H3;2-6,13,15H,7-11H2,1H3;7,9H,1-6H3;2*1H/b37-26-;;;;/t30?,38-;15-;7?,9-;;/m101../s1. The highest BCUT2D eigenvalue weighted by atomic mass is 16.5. The van der Waals surface area contributed by atoms with Crippen molar-refractivity contribution >= 4 is 34.7 Å². The van der Waals surface area contributed by atoms with Crippen LogP contribution in [0.2, 0.25) is 0 Å². The van der Waals surface area contributed by atoms with Crippen LogP contribution in [-0.4, -0.2) is 49.4 Å². The van der Waals surface area contributed by atoms with Crippen LogP contribution in [-0.2, 0) is 52.7 Å². The van der Waals surface area contributed by atoms with E-state index >= 15 is 0 Å². The van der Waals surface area contributed by atoms with Gasteiger partial charge in [-0.1, -0.05) is 181 Å². The first-order valence-corrected chi connectivity index (χ1v) is 27.3. The molecular formula is C66H90O7. The molecule has 0 aromatic heterocycles. The highest BCUT2D eigenvalue weighted by Gasteiger charge is 2.37. The monoisotopic (exact) mass is 995 g/mol. The number of rotatable bonds is 19. The van der Waals surface area contributed by atoms with Crippen molar-refractivity contribution in [2.24, 2.45) is 35.0 Å². The minimum absolute atomic E-state index is 0. The Balaban J connectivity index is 0.000000369. The van der Waals surface area contributed by atoms with Crippen molar-refractivity contribution in [2.45, 2.75) is 157 Å². The predicted molar refractivity (Wildman–Crippen MR) is 302 cm³/mol. The van der Waals surface area contributed by atoms with Crippen LogP contribution in [0, 0.1) is 35.0 Å². The number of hydrogen-bond donors (Lipinski definition) is 0. The number of carbonyl (C=O) groups is 5. The summed E-state index contributed by atoms with van der Waals surface area (Å²) in [5, 5.41) is 0. The summed E-state index contributed by atoms with van der Waals surface area (Å²) in [6.45, 7) is 18.7. The molecule has 1 saturated heterocycles. The largest absolute Gasteiger partial charge is 0.469 e. The van der Waals surface area contributed by atoms with Crippen LogP contribution in [0.1, 0.15) is 174 Å². The van der Waals surface area contributed by atoms with Crippen molar-refractivity contribution in [1.29, 1.82) is 0 Å². The van der Waals surface area contributed by atoms with E-state index in [-0.39, 0.29) is 55.4 Å². The third-order valence-corrected chi connectivity index (χ3v) is 15.6. The molecule has 0 spiro atoms. The van der Waals surface area contributed by atoms with E-state index in [1.54, 1.807) is 13.8 Å². The number of ether oxygens (including phenoxy) is 2. The molecular weight excluding hydrogens is 905 g/mol. The number of allylic oxidation sites excluding steroid dienone is 3. The summed E-state index contributed by atoms with van der Waals surface area (Å²) in [5.74, 6) is 1.07. The number of ketones is 4. The fourth-order valence-electron chi connectivity index (χ4n) is 11.4. The molecule has 7 rings (SSSR count). The van der Waals surface area contributed by atoms with Crippen LogP contribution in [0.5, 0.6) is 0 Å². The van der Waals surface area contributed by atoms with Gasteiger partial charge in [0.25, 0.3) is 0 Å². The molecule has 2 saturated carbocycles. The lowest BCUT2D eigenvalue weighted by atomic mass is 9.72. The Hall–Kier alpha value is -5.53. The second-order valence-electron chi connectivity index (χ2n) is 22.2. The van der Waals surface area contributed by atoms with Gasteiger partial charge < -0.3 is 9.47 Å². The van der Waals surface area contributed by atoms with Gasteiger partial charge in [0.05, 0.1) is 13.0 Å². The molecule has 0 radical (unpaired) electrons. The van der Waals surface area contributed by atoms with E-state index < -0.39 is 0 Å². The summed E-state index contributed by atoms with van der Waals surface area (Å²) in [4.78, 5) is 60.3. The van der Waals surface area contributed by atoms with E-state index in [2.05, 4.69) is 108 Å². The van der Waals surface area contributed by atoms with Gasteiger partial charge in [0, 0.05) is 52.1 Å². The maximum atomic E-state index is 13.1. The first-order valence-electron chi connectivity index (χ1n) is 27.3. The van der Waals surface area contributed by atoms with E-state index in [0.29, 0.717) is 29.8 Å². The molecule has 4 aromatic rings. The normalized spacial score (nSPS) is 18.2. The van der Waals surface area contributed by atoms with Gasteiger partial charge >= 0.3 is 5.97 Å². The zero-order chi connectivity index (χ0) is 52.9. The number of aryl methyl sites for hydroxylation is 1. The summed E-state index contributed by atoms with van der Waals surface area (Å²) in [6, 6.07) is 38.2. The second-order valence-corrected chi connectivity index (χ2v) is 22.2. The van der Waals surface area contributed by atoms with Gasteiger partial charge in [-0.3, -0.25) is 24.0 Å². The number of esters is 1. The van der Waals surface area contributed by atoms with Crippen LogP contribution in [0.15, 0.2) is 127 Å². The highest BCUT2D eigenvalue weighted by molar-refractivity contribution is 5.90. The zero-order valence-electron chi connectivity index (χ0n) is 45.6. The molecule has 4 aromatic carbocycles. The molecule has 73 heavy (non-hydrogen) atoms. The third kappa shape index (κ3) is 18.4. The van der Waals surface area contributed by atoms with Crippen LogP contribution in [0.3, 0.4) is 0 Å². The molecule has 396 valence electrons. The topological polar surface area (TPSA) is 104 Å². The van der Waals surface area contributed by atoms with Gasteiger partial charge in [-0.05, 0) is 135 Å². The third-order valence-electron chi connectivity index (χ3n) is 15.6. The van der Waals surface area contributed by atoms with E-state index in [1.165, 1.54) is 61.1 Å². The fourth-order valence-corrected chi connectivity index (χ4v) is 11.4. The second kappa shape index (κ2) is 29.4. The summed E-state index contributed by atoms with van der Waals surface area (Å²) in [7, 11) is 1.35. The Morgan fingerprint density at radius 1 is 0.712 bits per heavy atom. The Morgan fingerprint density at radius 3 is 1.85 bits per heavy atom. The van der Waals surface area contributed by atoms with Crippen LogP contribution in [0.25, 0.3) is 5.57 Å². The number of benzene rings is 4. The molecule has 3 aliphatic rings. The van der Waals surface area contributed by atoms with Gasteiger partial charge in [-0.25, -0.2) is 0 Å². The van der Waals surface area contributed by atoms with Crippen molar-refractivity contribution in [3.63, 3.8) is 0 Å². The average Bonchev–Trinajstić information content (AvgIpc) is 3.84. The molecule has 1 heterocycles. The lowest BCUT2D eigenvalue weighted by molar-refractivity contribution is -0.151. The molecule has 0 N–H and O–H groups in total. The van der Waals surface area contributed by atoms with E-state index in [4.69, 9.17) is 4.74 Å². The lowest BCUT2D eigenvalue weighted by Crippen LogP contribution is -2.36. The van der Waals surface area contributed by atoms with Gasteiger partial charge in [-0.15, -0.1) is 0 Å². The fraction of sp³-hybridized carbons (Fsp3) is 0.500. The summed E-state index contributed by atoms with van der Waals surface area (Å²) < 4.78 is 10.0. The Bertz CT molecular complexity index is 2410. The first-order chi connectivity index (χ1) is 35.0. The molecule has 7 nitrogen and oxygen atoms in total. The molecule has 1 aliphatic heterocycles. The van der Waals surface area contributed by atoms with Crippen molar-refractivity contribution in [3.05, 3.63) is 161 Å². The first kappa shape index (κ1) is 58.4. The number of methoxy groups -OCH3 is 1. The van der Waals surface area contributed by atoms with Crippen molar-refractivity contribution < 1.29 is 36.3 Å². The van der Waals surface area contributed by atoms with E-state index in [1.807, 2.05) is 45.9 Å². The maximum Gasteiger partial charge on any atom is 0.309 e. The predicted octanol–water partition coefficient (Wildman–Crippen LogP) is 15.4. The number of carbonyl (C=O) groups excluding carboxylic acids is 5. The van der Waals surface area contributed by atoms with Gasteiger partial charge in [0.2, 0.25) is 0 Å². The zero-order valence-corrected chi connectivity index (χ0v) is 45.6. The maximum absolute atomic E-state index is 13.1. The quantitative estimate of drug-likeness (QED) is 0.0681. The molecule has 0 amide bonds. The molecule has 5 atom stereocenters. The molecule has 0 bridgehead atoms. The molecule has 2 aliphatic carbocycles. The summed E-state index contributed by atoms with van der Waals surface area (Å²) >= 11 is 0. The molecule has 7 heteroatoms. The van der Waals surface area contributed by atoms with Gasteiger partial charge in [0.1, 0.15) is 23.1 Å². The minimum atomic E-state index is -0.377. The van der Waals surface area contributed by atoms with Gasteiger partial charge in [0.15, 0.2) is 0 Å². The average molecular weight is 995 g/mol. The van der Waals surface area contributed by atoms with Crippen LogP contribution < -0.4 is 0 Å². The summed E-state index contributed by atoms with van der Waals surface area (Å²) in [6.07, 6.45) is 17.6. The van der Waals surface area contributed by atoms with Crippen molar-refractivity contribution in [2.75, 3.05) is 20.3 Å². The lowest BCUT2D eigenvalue weighted by Gasteiger charge is -2.31.